The molecule has 112 valence electrons. The predicted octanol–water partition coefficient (Wildman–Crippen LogP) is 5.45. The van der Waals surface area contributed by atoms with Crippen LogP contribution in [0.2, 0.25) is 0 Å². The number of halogens is 4. The zero-order valence-corrected chi connectivity index (χ0v) is 14.4. The van der Waals surface area contributed by atoms with E-state index in [0.29, 0.717) is 12.2 Å². The predicted molar refractivity (Wildman–Crippen MR) is 88.1 cm³/mol. The van der Waals surface area contributed by atoms with Gasteiger partial charge in [0.2, 0.25) is 0 Å². The van der Waals surface area contributed by atoms with Crippen molar-refractivity contribution in [2.24, 2.45) is 0 Å². The minimum Gasteiger partial charge on any atom is -0.368 e. The Morgan fingerprint density at radius 1 is 1.10 bits per heavy atom. The van der Waals surface area contributed by atoms with Crippen molar-refractivity contribution in [3.05, 3.63) is 44.8 Å². The molecule has 0 fully saturated rings. The van der Waals surface area contributed by atoms with Crippen LogP contribution < -0.4 is 10.6 Å². The Morgan fingerprint density at radius 2 is 1.81 bits per heavy atom. The lowest BCUT2D eigenvalue weighted by atomic mass is 10.3. The van der Waals surface area contributed by atoms with Gasteiger partial charge in [-0.05, 0) is 40.5 Å². The lowest BCUT2D eigenvalue weighted by molar-refractivity contribution is 0.579. The van der Waals surface area contributed by atoms with Gasteiger partial charge in [0.15, 0.2) is 23.3 Å². The highest BCUT2D eigenvalue weighted by Crippen LogP contribution is 2.30. The molecule has 0 atom stereocenters. The van der Waals surface area contributed by atoms with E-state index in [-0.39, 0.29) is 11.6 Å². The van der Waals surface area contributed by atoms with Gasteiger partial charge in [0.05, 0.1) is 5.69 Å². The number of pyridine rings is 1. The third-order valence-corrected chi connectivity index (χ3v) is 3.84. The number of hydrogen-bond donors (Lipinski definition) is 2. The Hall–Kier alpha value is -1.21. The van der Waals surface area contributed by atoms with Gasteiger partial charge in [0.25, 0.3) is 0 Å². The molecule has 0 saturated heterocycles. The summed E-state index contributed by atoms with van der Waals surface area (Å²) in [5, 5.41) is 5.68. The van der Waals surface area contributed by atoms with Crippen LogP contribution in [-0.2, 0) is 0 Å². The summed E-state index contributed by atoms with van der Waals surface area (Å²) in [6.07, 6.45) is 0.818. The molecule has 1 aromatic heterocycles. The van der Waals surface area contributed by atoms with E-state index in [4.69, 9.17) is 0 Å². The number of aromatic nitrogens is 1. The molecule has 0 saturated carbocycles. The highest BCUT2D eigenvalue weighted by Gasteiger charge is 2.13. The molecule has 3 nitrogen and oxygen atoms in total. The van der Waals surface area contributed by atoms with Crippen LogP contribution in [0.15, 0.2) is 33.2 Å². The van der Waals surface area contributed by atoms with Crippen LogP contribution in [0.4, 0.5) is 26.1 Å². The SMILES string of the molecule is CCCNc1nc(Nc2cc(Br)ccc2Br)c(F)cc1F. The van der Waals surface area contributed by atoms with Crippen molar-refractivity contribution < 1.29 is 8.78 Å². The first-order valence-corrected chi connectivity index (χ1v) is 7.92. The minimum atomic E-state index is -0.749. The van der Waals surface area contributed by atoms with Crippen LogP contribution in [0, 0.1) is 11.6 Å². The first kappa shape index (κ1) is 16.2. The van der Waals surface area contributed by atoms with Gasteiger partial charge in [0.1, 0.15) is 0 Å². The first-order valence-electron chi connectivity index (χ1n) is 6.33. The molecule has 0 aliphatic rings. The molecule has 0 aliphatic heterocycles. The Labute approximate surface area is 138 Å². The Morgan fingerprint density at radius 3 is 2.52 bits per heavy atom. The summed E-state index contributed by atoms with van der Waals surface area (Å²) in [6.45, 7) is 2.52. The monoisotopic (exact) mass is 419 g/mol. The molecule has 2 aromatic rings. The van der Waals surface area contributed by atoms with Gasteiger partial charge in [0, 0.05) is 21.6 Å². The van der Waals surface area contributed by atoms with E-state index in [1.54, 1.807) is 6.07 Å². The summed E-state index contributed by atoms with van der Waals surface area (Å²) in [5.74, 6) is -1.46. The standard InChI is InChI=1S/C14H13Br2F2N3/c1-2-5-19-13-10(17)7-11(18)14(21-13)20-12-6-8(15)3-4-9(12)16/h3-4,6-7H,2,5H2,1H3,(H2,19,20,21). The van der Waals surface area contributed by atoms with E-state index in [0.717, 1.165) is 21.4 Å². The van der Waals surface area contributed by atoms with Gasteiger partial charge in [-0.25, -0.2) is 13.8 Å². The fourth-order valence-electron chi connectivity index (χ4n) is 1.64. The summed E-state index contributed by atoms with van der Waals surface area (Å²) in [5.41, 5.74) is 0.629. The van der Waals surface area contributed by atoms with Crippen molar-refractivity contribution in [2.45, 2.75) is 13.3 Å². The van der Waals surface area contributed by atoms with E-state index in [1.807, 2.05) is 19.1 Å². The molecule has 0 radical (unpaired) electrons. The van der Waals surface area contributed by atoms with E-state index < -0.39 is 11.6 Å². The molecule has 0 amide bonds. The zero-order chi connectivity index (χ0) is 15.4. The molecule has 0 spiro atoms. The molecular weight excluding hydrogens is 408 g/mol. The number of nitrogens with zero attached hydrogens (tertiary/aromatic N) is 1. The Balaban J connectivity index is 2.32. The van der Waals surface area contributed by atoms with Crippen molar-refractivity contribution >= 4 is 49.2 Å². The van der Waals surface area contributed by atoms with Crippen molar-refractivity contribution in [3.63, 3.8) is 0 Å². The second-order valence-corrected chi connectivity index (χ2v) is 6.10. The van der Waals surface area contributed by atoms with Crippen LogP contribution in [0.3, 0.4) is 0 Å². The van der Waals surface area contributed by atoms with Crippen LogP contribution in [0.1, 0.15) is 13.3 Å². The summed E-state index contributed by atoms with van der Waals surface area (Å²) >= 11 is 6.71. The molecule has 21 heavy (non-hydrogen) atoms. The van der Waals surface area contributed by atoms with Gasteiger partial charge < -0.3 is 10.6 Å². The minimum absolute atomic E-state index is 0.0335. The average Bonchev–Trinajstić information content (AvgIpc) is 2.44. The average molecular weight is 421 g/mol. The molecule has 1 aromatic carbocycles. The largest absolute Gasteiger partial charge is 0.368 e. The van der Waals surface area contributed by atoms with Crippen molar-refractivity contribution in [3.8, 4) is 0 Å². The van der Waals surface area contributed by atoms with Gasteiger partial charge in [-0.15, -0.1) is 0 Å². The number of rotatable bonds is 5. The lowest BCUT2D eigenvalue weighted by Gasteiger charge is -2.12. The van der Waals surface area contributed by atoms with Crippen LogP contribution >= 0.6 is 31.9 Å². The smallest absolute Gasteiger partial charge is 0.169 e. The molecule has 2 N–H and O–H groups in total. The summed E-state index contributed by atoms with van der Waals surface area (Å²) in [4.78, 5) is 3.97. The number of anilines is 3. The Bertz CT molecular complexity index is 650. The van der Waals surface area contributed by atoms with Crippen LogP contribution in [0.25, 0.3) is 0 Å². The molecule has 2 rings (SSSR count). The molecule has 0 unspecified atom stereocenters. The highest BCUT2D eigenvalue weighted by molar-refractivity contribution is 9.11. The van der Waals surface area contributed by atoms with Gasteiger partial charge in [-0.3, -0.25) is 0 Å². The van der Waals surface area contributed by atoms with Crippen LogP contribution in [-0.4, -0.2) is 11.5 Å². The topological polar surface area (TPSA) is 37.0 Å². The number of nitrogens with one attached hydrogen (secondary N) is 2. The third-order valence-electron chi connectivity index (χ3n) is 2.65. The van der Waals surface area contributed by atoms with E-state index in [1.165, 1.54) is 0 Å². The number of benzene rings is 1. The van der Waals surface area contributed by atoms with Crippen molar-refractivity contribution in [1.82, 2.24) is 4.98 Å². The molecule has 7 heteroatoms. The maximum Gasteiger partial charge on any atom is 0.169 e. The van der Waals surface area contributed by atoms with Gasteiger partial charge in [-0.2, -0.15) is 0 Å². The third kappa shape index (κ3) is 4.14. The summed E-state index contributed by atoms with van der Waals surface area (Å²) in [6, 6.07) is 6.24. The summed E-state index contributed by atoms with van der Waals surface area (Å²) < 4.78 is 29.1. The first-order chi connectivity index (χ1) is 10.0. The molecule has 0 bridgehead atoms. The Kier molecular flexibility index (Phi) is 5.52. The van der Waals surface area contributed by atoms with E-state index >= 15 is 0 Å². The highest BCUT2D eigenvalue weighted by atomic mass is 79.9. The molecule has 1 heterocycles. The van der Waals surface area contributed by atoms with Gasteiger partial charge >= 0.3 is 0 Å². The summed E-state index contributed by atoms with van der Waals surface area (Å²) in [7, 11) is 0. The maximum atomic E-state index is 13.9. The van der Waals surface area contributed by atoms with Crippen molar-refractivity contribution in [1.29, 1.82) is 0 Å². The van der Waals surface area contributed by atoms with E-state index in [9.17, 15) is 8.78 Å². The second kappa shape index (κ2) is 7.17. The lowest BCUT2D eigenvalue weighted by Crippen LogP contribution is -2.07. The molecule has 0 aliphatic carbocycles. The zero-order valence-electron chi connectivity index (χ0n) is 11.2. The second-order valence-electron chi connectivity index (χ2n) is 4.33. The molecular formula is C14H13Br2F2N3. The van der Waals surface area contributed by atoms with E-state index in [2.05, 4.69) is 47.5 Å². The quantitative estimate of drug-likeness (QED) is 0.675. The van der Waals surface area contributed by atoms with Gasteiger partial charge in [-0.1, -0.05) is 22.9 Å². The maximum absolute atomic E-state index is 13.9. The number of hydrogen-bond acceptors (Lipinski definition) is 3. The van der Waals surface area contributed by atoms with Crippen molar-refractivity contribution in [2.75, 3.05) is 17.2 Å². The fourth-order valence-corrected chi connectivity index (χ4v) is 2.35. The fraction of sp³-hybridized carbons (Fsp3) is 0.214. The van der Waals surface area contributed by atoms with Crippen LogP contribution in [0.5, 0.6) is 0 Å². The normalized spacial score (nSPS) is 10.5.